The quantitative estimate of drug-likeness (QED) is 0.681. The van der Waals surface area contributed by atoms with Crippen LogP contribution in [-0.2, 0) is 20.1 Å². The fourth-order valence-electron chi connectivity index (χ4n) is 3.66. The molecule has 1 atom stereocenters. The number of fused-ring (bicyclic) bond motifs is 1. The highest BCUT2D eigenvalue weighted by molar-refractivity contribution is 5.75. The van der Waals surface area contributed by atoms with Gasteiger partial charge < -0.3 is 20.3 Å². The maximum atomic E-state index is 13.0. The molecule has 0 bridgehead atoms. The highest BCUT2D eigenvalue weighted by atomic mass is 16.3. The van der Waals surface area contributed by atoms with Crippen molar-refractivity contribution in [2.24, 2.45) is 12.8 Å². The van der Waals surface area contributed by atoms with Crippen LogP contribution in [0.3, 0.4) is 0 Å². The lowest BCUT2D eigenvalue weighted by molar-refractivity contribution is 0.279. The summed E-state index contributed by atoms with van der Waals surface area (Å²) in [4.78, 5) is 32.5. The summed E-state index contributed by atoms with van der Waals surface area (Å²) in [5.74, 6) is 0.670. The number of aliphatic hydroxyl groups is 1. The summed E-state index contributed by atoms with van der Waals surface area (Å²) in [6.45, 7) is 6.25. The smallest absolute Gasteiger partial charge is 0.332 e. The Hall–Kier alpha value is -2.39. The largest absolute Gasteiger partial charge is 0.396 e. The highest BCUT2D eigenvalue weighted by Gasteiger charge is 2.26. The van der Waals surface area contributed by atoms with Crippen molar-refractivity contribution in [2.45, 2.75) is 52.2 Å². The first-order valence-electron chi connectivity index (χ1n) is 9.80. The van der Waals surface area contributed by atoms with Gasteiger partial charge in [0.25, 0.3) is 5.56 Å². The molecular formula is C19H30N6O3. The van der Waals surface area contributed by atoms with Crippen LogP contribution < -0.4 is 21.9 Å². The molecule has 0 spiro atoms. The number of aromatic nitrogens is 4. The van der Waals surface area contributed by atoms with E-state index in [1.807, 2.05) is 24.5 Å². The topological polar surface area (TPSA) is 111 Å². The molecule has 3 rings (SSSR count). The average molecular weight is 390 g/mol. The normalized spacial score (nSPS) is 17.3. The Bertz CT molecular complexity index is 996. The number of imidazole rings is 1. The van der Waals surface area contributed by atoms with Gasteiger partial charge in [0.2, 0.25) is 5.95 Å². The summed E-state index contributed by atoms with van der Waals surface area (Å²) in [7, 11) is 1.48. The number of aliphatic hydroxyl groups excluding tert-OH is 1. The number of allylic oxidation sites excluding steroid dienone is 2. The lowest BCUT2D eigenvalue weighted by Crippen LogP contribution is -2.44. The van der Waals surface area contributed by atoms with Crippen molar-refractivity contribution in [1.82, 2.24) is 18.7 Å². The summed E-state index contributed by atoms with van der Waals surface area (Å²) in [5.41, 5.74) is 7.30. The van der Waals surface area contributed by atoms with Crippen molar-refractivity contribution in [3.8, 4) is 0 Å². The van der Waals surface area contributed by atoms with Crippen LogP contribution in [0.15, 0.2) is 21.2 Å². The predicted molar refractivity (Wildman–Crippen MR) is 110 cm³/mol. The van der Waals surface area contributed by atoms with E-state index in [1.165, 1.54) is 11.6 Å². The lowest BCUT2D eigenvalue weighted by atomic mass is 10.1. The number of hydrogen-bond donors (Lipinski definition) is 2. The van der Waals surface area contributed by atoms with Gasteiger partial charge in [0.15, 0.2) is 11.2 Å². The molecule has 0 amide bonds. The standard InChI is InChI=1S/C19H30N6O3/c1-13(2)7-10-24-15-16(21-18(24)23-8-4-6-14(20)12-23)25(9-5-11-26)19(28)22(3)17(15)27/h7,14,26H,4-6,8-12,20H2,1-3H3. The maximum absolute atomic E-state index is 13.0. The number of nitrogens with zero attached hydrogens (tertiary/aromatic N) is 5. The first-order chi connectivity index (χ1) is 13.3. The zero-order valence-electron chi connectivity index (χ0n) is 16.9. The summed E-state index contributed by atoms with van der Waals surface area (Å²) >= 11 is 0. The molecule has 2 aromatic rings. The lowest BCUT2D eigenvalue weighted by Gasteiger charge is -2.31. The molecule has 3 heterocycles. The van der Waals surface area contributed by atoms with E-state index in [-0.39, 0.29) is 18.2 Å². The third kappa shape index (κ3) is 3.77. The van der Waals surface area contributed by atoms with Crippen LogP contribution in [0.4, 0.5) is 5.95 Å². The molecule has 1 unspecified atom stereocenters. The van der Waals surface area contributed by atoms with Crippen molar-refractivity contribution in [3.05, 3.63) is 32.5 Å². The number of aryl methyl sites for hydroxylation is 1. The minimum Gasteiger partial charge on any atom is -0.396 e. The van der Waals surface area contributed by atoms with E-state index in [9.17, 15) is 14.7 Å². The first kappa shape index (κ1) is 20.3. The molecule has 1 saturated heterocycles. The number of rotatable bonds is 6. The summed E-state index contributed by atoms with van der Waals surface area (Å²) in [6, 6.07) is 0.0601. The fraction of sp³-hybridized carbons (Fsp3) is 0.632. The van der Waals surface area contributed by atoms with Gasteiger partial charge in [0.05, 0.1) is 0 Å². The molecule has 0 saturated carbocycles. The first-order valence-corrected chi connectivity index (χ1v) is 9.80. The van der Waals surface area contributed by atoms with Crippen molar-refractivity contribution >= 4 is 17.1 Å². The second kappa shape index (κ2) is 8.32. The zero-order valence-corrected chi connectivity index (χ0v) is 16.9. The van der Waals surface area contributed by atoms with Gasteiger partial charge in [-0.15, -0.1) is 0 Å². The van der Waals surface area contributed by atoms with Gasteiger partial charge in [-0.3, -0.25) is 13.9 Å². The van der Waals surface area contributed by atoms with E-state index >= 15 is 0 Å². The van der Waals surface area contributed by atoms with Crippen LogP contribution in [-0.4, -0.2) is 49.5 Å². The van der Waals surface area contributed by atoms with Crippen molar-refractivity contribution in [3.63, 3.8) is 0 Å². The third-order valence-corrected chi connectivity index (χ3v) is 5.17. The predicted octanol–water partition coefficient (Wildman–Crippen LogP) is 0.173. The Balaban J connectivity index is 2.28. The molecule has 1 aliphatic rings. The second-order valence-electron chi connectivity index (χ2n) is 7.70. The van der Waals surface area contributed by atoms with Gasteiger partial charge in [-0.2, -0.15) is 4.98 Å². The Morgan fingerprint density at radius 3 is 2.71 bits per heavy atom. The summed E-state index contributed by atoms with van der Waals surface area (Å²) in [6.07, 6.45) is 4.38. The maximum Gasteiger partial charge on any atom is 0.332 e. The molecule has 9 heteroatoms. The molecule has 0 aliphatic carbocycles. The van der Waals surface area contributed by atoms with Crippen LogP contribution >= 0.6 is 0 Å². The highest BCUT2D eigenvalue weighted by Crippen LogP contribution is 2.23. The fourth-order valence-corrected chi connectivity index (χ4v) is 3.66. The average Bonchev–Trinajstić information content (AvgIpc) is 3.04. The minimum absolute atomic E-state index is 0.0386. The zero-order chi connectivity index (χ0) is 20.4. The molecule has 28 heavy (non-hydrogen) atoms. The van der Waals surface area contributed by atoms with Gasteiger partial charge in [-0.1, -0.05) is 11.6 Å². The monoisotopic (exact) mass is 390 g/mol. The van der Waals surface area contributed by atoms with E-state index in [4.69, 9.17) is 10.7 Å². The van der Waals surface area contributed by atoms with Gasteiger partial charge >= 0.3 is 5.69 Å². The Labute approximate surface area is 163 Å². The molecular weight excluding hydrogens is 360 g/mol. The van der Waals surface area contributed by atoms with E-state index in [0.717, 1.165) is 29.5 Å². The third-order valence-electron chi connectivity index (χ3n) is 5.17. The van der Waals surface area contributed by atoms with Crippen LogP contribution in [0.5, 0.6) is 0 Å². The molecule has 1 aliphatic heterocycles. The van der Waals surface area contributed by atoms with Crippen LogP contribution in [0, 0.1) is 0 Å². The number of piperidine rings is 1. The SMILES string of the molecule is CC(C)=CCn1c(N2CCCC(N)C2)nc2c1c(=O)n(C)c(=O)n2CCCO. The Kier molecular flexibility index (Phi) is 6.04. The van der Waals surface area contributed by atoms with Crippen LogP contribution in [0.2, 0.25) is 0 Å². The van der Waals surface area contributed by atoms with Gasteiger partial charge in [-0.05, 0) is 33.1 Å². The number of anilines is 1. The minimum atomic E-state index is -0.417. The van der Waals surface area contributed by atoms with Crippen LogP contribution in [0.25, 0.3) is 11.2 Å². The van der Waals surface area contributed by atoms with E-state index in [1.54, 1.807) is 0 Å². The molecule has 0 aromatic carbocycles. The summed E-state index contributed by atoms with van der Waals surface area (Å²) < 4.78 is 4.49. The van der Waals surface area contributed by atoms with E-state index < -0.39 is 5.69 Å². The second-order valence-corrected chi connectivity index (χ2v) is 7.70. The number of hydrogen-bond acceptors (Lipinski definition) is 6. The van der Waals surface area contributed by atoms with Crippen LogP contribution in [0.1, 0.15) is 33.1 Å². The van der Waals surface area contributed by atoms with Gasteiger partial charge in [-0.25, -0.2) is 4.79 Å². The van der Waals surface area contributed by atoms with E-state index in [2.05, 4.69) is 4.90 Å². The summed E-state index contributed by atoms with van der Waals surface area (Å²) in [5, 5.41) is 9.21. The van der Waals surface area contributed by atoms with Crippen molar-refractivity contribution in [2.75, 3.05) is 24.6 Å². The molecule has 3 N–H and O–H groups in total. The Morgan fingerprint density at radius 2 is 2.07 bits per heavy atom. The van der Waals surface area contributed by atoms with Gasteiger partial charge in [0, 0.05) is 45.9 Å². The molecule has 2 aromatic heterocycles. The van der Waals surface area contributed by atoms with Crippen molar-refractivity contribution < 1.29 is 5.11 Å². The van der Waals surface area contributed by atoms with E-state index in [0.29, 0.717) is 43.2 Å². The van der Waals surface area contributed by atoms with Crippen molar-refractivity contribution in [1.29, 1.82) is 0 Å². The number of nitrogens with two attached hydrogens (primary N) is 1. The molecule has 1 fully saturated rings. The van der Waals surface area contributed by atoms with Gasteiger partial charge in [0.1, 0.15) is 0 Å². The molecule has 0 radical (unpaired) electrons. The Morgan fingerprint density at radius 1 is 1.32 bits per heavy atom. The molecule has 9 nitrogen and oxygen atoms in total. The molecule has 154 valence electrons.